The Morgan fingerprint density at radius 1 is 1.17 bits per heavy atom. The van der Waals surface area contributed by atoms with E-state index in [-0.39, 0.29) is 17.6 Å². The standard InChI is InChI=1S/C17H29BFNO3/c1-7-20(8-2)14(21)11-12-9-13(10-12)15(19)18-22-16(3,4)17(5,6)23-18/h12H,7-11H2,1-6H3. The van der Waals surface area contributed by atoms with Gasteiger partial charge in [-0.3, -0.25) is 4.79 Å². The maximum absolute atomic E-state index is 14.6. The molecular weight excluding hydrogens is 296 g/mol. The molecule has 2 fully saturated rings. The lowest BCUT2D eigenvalue weighted by Gasteiger charge is -2.32. The quantitative estimate of drug-likeness (QED) is 0.726. The Bertz CT molecular complexity index is 476. The zero-order chi connectivity index (χ0) is 17.4. The minimum absolute atomic E-state index is 0.162. The van der Waals surface area contributed by atoms with Crippen LogP contribution in [0, 0.1) is 5.92 Å². The van der Waals surface area contributed by atoms with Crippen molar-refractivity contribution in [3.8, 4) is 0 Å². The lowest BCUT2D eigenvalue weighted by molar-refractivity contribution is -0.132. The molecule has 130 valence electrons. The van der Waals surface area contributed by atoms with Crippen LogP contribution in [0.4, 0.5) is 4.39 Å². The molecule has 0 atom stereocenters. The summed E-state index contributed by atoms with van der Waals surface area (Å²) in [6.45, 7) is 13.1. The summed E-state index contributed by atoms with van der Waals surface area (Å²) in [5, 5.41) is 0. The van der Waals surface area contributed by atoms with Gasteiger partial charge in [0.1, 0.15) is 5.73 Å². The van der Waals surface area contributed by atoms with E-state index >= 15 is 0 Å². The highest BCUT2D eigenvalue weighted by Gasteiger charge is 2.54. The summed E-state index contributed by atoms with van der Waals surface area (Å²) in [5.41, 5.74) is -0.620. The van der Waals surface area contributed by atoms with Crippen LogP contribution >= 0.6 is 0 Å². The van der Waals surface area contributed by atoms with E-state index in [0.717, 1.165) is 18.7 Å². The van der Waals surface area contributed by atoms with Crippen molar-refractivity contribution in [3.05, 3.63) is 11.3 Å². The third-order valence-electron chi connectivity index (χ3n) is 5.45. The van der Waals surface area contributed by atoms with Crippen molar-refractivity contribution in [1.82, 2.24) is 4.90 Å². The first-order valence-corrected chi connectivity index (χ1v) is 8.62. The normalized spacial score (nSPS) is 25.3. The molecule has 1 amide bonds. The maximum Gasteiger partial charge on any atom is 0.525 e. The fraction of sp³-hybridized carbons (Fsp3) is 0.824. The van der Waals surface area contributed by atoms with Gasteiger partial charge in [0.05, 0.1) is 11.2 Å². The molecular formula is C17H29BFNO3. The average Bonchev–Trinajstić information content (AvgIpc) is 2.63. The summed E-state index contributed by atoms with van der Waals surface area (Å²) < 4.78 is 26.1. The van der Waals surface area contributed by atoms with Crippen LogP contribution in [-0.2, 0) is 14.1 Å². The first-order chi connectivity index (χ1) is 10.6. The molecule has 0 N–H and O–H groups in total. The molecule has 0 radical (unpaired) electrons. The van der Waals surface area contributed by atoms with Gasteiger partial charge in [-0.15, -0.1) is 0 Å². The molecule has 0 aromatic rings. The summed E-state index contributed by atoms with van der Waals surface area (Å²) >= 11 is 0. The second kappa shape index (κ2) is 6.56. The van der Waals surface area contributed by atoms with Crippen LogP contribution in [0.25, 0.3) is 0 Å². The van der Waals surface area contributed by atoms with Crippen LogP contribution in [0.2, 0.25) is 0 Å². The van der Waals surface area contributed by atoms with Gasteiger partial charge in [-0.1, -0.05) is 0 Å². The molecule has 0 unspecified atom stereocenters. The number of amides is 1. The van der Waals surface area contributed by atoms with E-state index in [4.69, 9.17) is 9.31 Å². The molecule has 6 heteroatoms. The second-order valence-corrected chi connectivity index (χ2v) is 7.58. The number of halogens is 1. The van der Waals surface area contributed by atoms with Crippen molar-refractivity contribution >= 4 is 13.0 Å². The van der Waals surface area contributed by atoms with Gasteiger partial charge in [0.15, 0.2) is 0 Å². The van der Waals surface area contributed by atoms with Crippen LogP contribution < -0.4 is 0 Å². The highest BCUT2D eigenvalue weighted by molar-refractivity contribution is 6.53. The lowest BCUT2D eigenvalue weighted by Crippen LogP contribution is -2.41. The molecule has 1 heterocycles. The molecule has 1 aliphatic heterocycles. The van der Waals surface area contributed by atoms with Crippen LogP contribution in [0.3, 0.4) is 0 Å². The molecule has 2 aliphatic rings. The third kappa shape index (κ3) is 3.63. The van der Waals surface area contributed by atoms with E-state index in [1.807, 2.05) is 46.4 Å². The fourth-order valence-electron chi connectivity index (χ4n) is 3.04. The zero-order valence-corrected chi connectivity index (χ0v) is 15.2. The Hall–Kier alpha value is -0.875. The average molecular weight is 325 g/mol. The van der Waals surface area contributed by atoms with Crippen molar-refractivity contribution in [2.45, 2.75) is 72.0 Å². The summed E-state index contributed by atoms with van der Waals surface area (Å²) in [6, 6.07) is 0. The molecule has 0 bridgehead atoms. The highest BCUT2D eigenvalue weighted by atomic mass is 19.1. The summed E-state index contributed by atoms with van der Waals surface area (Å²) in [4.78, 5) is 13.9. The van der Waals surface area contributed by atoms with Gasteiger partial charge < -0.3 is 14.2 Å². The van der Waals surface area contributed by atoms with Gasteiger partial charge in [-0.05, 0) is 65.9 Å². The number of hydrogen-bond donors (Lipinski definition) is 0. The highest BCUT2D eigenvalue weighted by Crippen LogP contribution is 2.43. The van der Waals surface area contributed by atoms with Crippen molar-refractivity contribution < 1.29 is 18.5 Å². The maximum atomic E-state index is 14.6. The Kier molecular flexibility index (Phi) is 5.26. The van der Waals surface area contributed by atoms with Gasteiger partial charge >= 0.3 is 7.12 Å². The smallest absolute Gasteiger partial charge is 0.398 e. The summed E-state index contributed by atoms with van der Waals surface area (Å²) in [7, 11) is -0.908. The lowest BCUT2D eigenvalue weighted by atomic mass is 9.71. The molecule has 23 heavy (non-hydrogen) atoms. The van der Waals surface area contributed by atoms with Crippen LogP contribution in [0.5, 0.6) is 0 Å². The van der Waals surface area contributed by atoms with Crippen molar-refractivity contribution in [3.63, 3.8) is 0 Å². The fourth-order valence-corrected chi connectivity index (χ4v) is 3.04. The second-order valence-electron chi connectivity index (χ2n) is 7.58. The number of allylic oxidation sites excluding steroid dienone is 1. The van der Waals surface area contributed by atoms with Gasteiger partial charge in [0.25, 0.3) is 0 Å². The molecule has 4 nitrogen and oxygen atoms in total. The Morgan fingerprint density at radius 2 is 1.65 bits per heavy atom. The predicted octanol–water partition coefficient (Wildman–Crippen LogP) is 3.51. The number of carbonyl (C=O) groups excluding carboxylic acids is 1. The summed E-state index contributed by atoms with van der Waals surface area (Å²) in [5.74, 6) is 0.404. The largest absolute Gasteiger partial charge is 0.525 e. The number of hydrogen-bond acceptors (Lipinski definition) is 3. The Morgan fingerprint density at radius 3 is 2.09 bits per heavy atom. The van der Waals surface area contributed by atoms with Gasteiger partial charge in [0.2, 0.25) is 5.91 Å². The first kappa shape index (κ1) is 18.5. The van der Waals surface area contributed by atoms with Gasteiger partial charge in [-0.2, -0.15) is 0 Å². The first-order valence-electron chi connectivity index (χ1n) is 8.62. The number of nitrogens with zero attached hydrogens (tertiary/aromatic N) is 1. The Labute approximate surface area is 139 Å². The van der Waals surface area contributed by atoms with E-state index in [1.54, 1.807) is 0 Å². The topological polar surface area (TPSA) is 38.8 Å². The molecule has 0 spiro atoms. The van der Waals surface area contributed by atoms with Crippen LogP contribution in [0.1, 0.15) is 60.8 Å². The van der Waals surface area contributed by atoms with E-state index in [1.165, 1.54) is 0 Å². The molecule has 2 rings (SSSR count). The van der Waals surface area contributed by atoms with Crippen molar-refractivity contribution in [2.24, 2.45) is 5.92 Å². The monoisotopic (exact) mass is 325 g/mol. The predicted molar refractivity (Wildman–Crippen MR) is 89.5 cm³/mol. The zero-order valence-electron chi connectivity index (χ0n) is 15.2. The summed E-state index contributed by atoms with van der Waals surface area (Å²) in [6.07, 6.45) is 1.76. The minimum Gasteiger partial charge on any atom is -0.398 e. The van der Waals surface area contributed by atoms with Crippen LogP contribution in [0.15, 0.2) is 11.3 Å². The molecule has 0 aromatic carbocycles. The molecule has 1 saturated heterocycles. The third-order valence-corrected chi connectivity index (χ3v) is 5.45. The van der Waals surface area contributed by atoms with Crippen molar-refractivity contribution in [2.75, 3.05) is 13.1 Å². The van der Waals surface area contributed by atoms with Gasteiger partial charge in [-0.25, -0.2) is 4.39 Å². The molecule has 0 aromatic heterocycles. The van der Waals surface area contributed by atoms with Crippen LogP contribution in [-0.4, -0.2) is 42.2 Å². The SMILES string of the molecule is CCN(CC)C(=O)CC1CC(=C(F)B2OC(C)(C)C(C)(C)O2)C1. The number of rotatable bonds is 5. The van der Waals surface area contributed by atoms with E-state index < -0.39 is 18.3 Å². The van der Waals surface area contributed by atoms with Gasteiger partial charge in [0, 0.05) is 19.5 Å². The Balaban J connectivity index is 1.91. The van der Waals surface area contributed by atoms with E-state index in [0.29, 0.717) is 19.3 Å². The minimum atomic E-state index is -0.908. The molecule has 1 aliphatic carbocycles. The van der Waals surface area contributed by atoms with E-state index in [2.05, 4.69) is 0 Å². The van der Waals surface area contributed by atoms with E-state index in [9.17, 15) is 9.18 Å². The van der Waals surface area contributed by atoms with Crippen molar-refractivity contribution in [1.29, 1.82) is 0 Å². The molecule has 1 saturated carbocycles. The number of carbonyl (C=O) groups is 1.